The fourth-order valence-electron chi connectivity index (χ4n) is 1.10. The number of likely N-dealkylation sites (tertiary alicyclic amines) is 1. The summed E-state index contributed by atoms with van der Waals surface area (Å²) in [5, 5.41) is 14.0. The number of nitrogens with two attached hydrogens (primary N) is 1. The minimum absolute atomic E-state index is 0. The molecule has 0 saturated carbocycles. The maximum atomic E-state index is 10.8. The van der Waals surface area contributed by atoms with Crippen molar-refractivity contribution >= 4 is 13.6 Å². The molecule has 69 valence electrons. The number of carbonyl (C=O) groups excluding carboxylic acids is 1. The molecule has 5 nitrogen and oxygen atoms in total. The normalized spacial score (nSPS) is 15.1. The predicted molar refractivity (Wildman–Crippen MR) is 45.1 cm³/mol. The summed E-state index contributed by atoms with van der Waals surface area (Å²) in [4.78, 5) is 12.6. The minimum atomic E-state index is 0. The lowest BCUT2D eigenvalue weighted by atomic mass is 10.4. The van der Waals surface area contributed by atoms with E-state index in [4.69, 9.17) is 15.8 Å². The van der Waals surface area contributed by atoms with Crippen LogP contribution < -0.4 is 5.73 Å². The summed E-state index contributed by atoms with van der Waals surface area (Å²) in [7, 11) is 0. The largest absolute Gasteiger partial charge is 0.482 e. The van der Waals surface area contributed by atoms with Gasteiger partial charge in [-0.15, -0.1) is 0 Å². The first-order valence-electron chi connectivity index (χ1n) is 3.84. The van der Waals surface area contributed by atoms with E-state index in [1.54, 1.807) is 0 Å². The maximum Gasteiger partial charge on any atom is 0.482 e. The number of hydrogen-bond acceptors (Lipinski definition) is 4. The molecular formula is C6H14BN2O3. The molecular weight excluding hydrogens is 159 g/mol. The quantitative estimate of drug-likeness (QED) is 0.403. The van der Waals surface area contributed by atoms with Gasteiger partial charge in [-0.2, -0.15) is 0 Å². The van der Waals surface area contributed by atoms with E-state index in [2.05, 4.69) is 0 Å². The number of rotatable bonds is 1. The van der Waals surface area contributed by atoms with Crippen molar-refractivity contribution in [2.45, 2.75) is 12.8 Å². The van der Waals surface area contributed by atoms with Crippen LogP contribution in [0.1, 0.15) is 12.8 Å². The molecule has 4 N–H and O–H groups in total. The smallest absolute Gasteiger partial charge is 0.429 e. The van der Waals surface area contributed by atoms with Crippen molar-refractivity contribution in [2.75, 3.05) is 19.6 Å². The Bertz CT molecular complexity index is 128. The Morgan fingerprint density at radius 3 is 2.17 bits per heavy atom. The maximum absolute atomic E-state index is 10.8. The van der Waals surface area contributed by atoms with E-state index in [1.807, 2.05) is 4.90 Å². The summed E-state index contributed by atoms with van der Waals surface area (Å²) < 4.78 is 0. The van der Waals surface area contributed by atoms with Crippen LogP contribution in [0.15, 0.2) is 0 Å². The second-order valence-electron chi connectivity index (χ2n) is 2.41. The Labute approximate surface area is 72.5 Å². The fourth-order valence-corrected chi connectivity index (χ4v) is 1.10. The summed E-state index contributed by atoms with van der Waals surface area (Å²) >= 11 is 0. The Hall–Kier alpha value is -0.585. The minimum Gasteiger partial charge on any atom is -0.429 e. The molecule has 1 saturated heterocycles. The molecule has 1 amide bonds. The molecule has 0 aliphatic carbocycles. The monoisotopic (exact) mass is 173 g/mol. The van der Waals surface area contributed by atoms with Gasteiger partial charge < -0.3 is 20.7 Å². The van der Waals surface area contributed by atoms with Gasteiger partial charge in [0.15, 0.2) is 0 Å². The van der Waals surface area contributed by atoms with Crippen LogP contribution in [-0.2, 0) is 4.79 Å². The second-order valence-corrected chi connectivity index (χ2v) is 2.41. The first kappa shape index (κ1) is 11.4. The van der Waals surface area contributed by atoms with Gasteiger partial charge in [-0.25, -0.2) is 0 Å². The Balaban J connectivity index is 0.000000354. The average molecular weight is 173 g/mol. The van der Waals surface area contributed by atoms with E-state index in [9.17, 15) is 4.79 Å². The van der Waals surface area contributed by atoms with Crippen LogP contribution in [0, 0.1) is 0 Å². The van der Waals surface area contributed by atoms with Crippen molar-refractivity contribution in [3.63, 3.8) is 0 Å². The molecule has 6 heteroatoms. The van der Waals surface area contributed by atoms with Crippen molar-refractivity contribution in [1.29, 1.82) is 0 Å². The highest BCUT2D eigenvalue weighted by Crippen LogP contribution is 2.05. The highest BCUT2D eigenvalue weighted by atomic mass is 16.4. The van der Waals surface area contributed by atoms with Crippen LogP contribution in [0.4, 0.5) is 0 Å². The van der Waals surface area contributed by atoms with E-state index in [0.717, 1.165) is 25.9 Å². The van der Waals surface area contributed by atoms with Crippen LogP contribution in [0.5, 0.6) is 0 Å². The highest BCUT2D eigenvalue weighted by Gasteiger charge is 2.15. The number of amides is 1. The van der Waals surface area contributed by atoms with Gasteiger partial charge in [-0.3, -0.25) is 4.79 Å². The van der Waals surface area contributed by atoms with Gasteiger partial charge in [-0.05, 0) is 12.8 Å². The zero-order valence-corrected chi connectivity index (χ0v) is 6.94. The molecule has 0 aromatic heterocycles. The van der Waals surface area contributed by atoms with Gasteiger partial charge in [0.2, 0.25) is 5.91 Å². The van der Waals surface area contributed by atoms with Gasteiger partial charge in [-0.1, -0.05) is 0 Å². The Morgan fingerprint density at radius 1 is 1.42 bits per heavy atom. The molecule has 0 atom stereocenters. The van der Waals surface area contributed by atoms with Gasteiger partial charge in [0, 0.05) is 13.1 Å². The SMILES string of the molecule is NCC(=O)N1CCCC1.O[B]O. The summed E-state index contributed by atoms with van der Waals surface area (Å²) in [5.74, 6) is 0.0903. The van der Waals surface area contributed by atoms with Gasteiger partial charge in [0.05, 0.1) is 6.54 Å². The number of carbonyl (C=O) groups is 1. The number of nitrogens with zero attached hydrogens (tertiary/aromatic N) is 1. The fraction of sp³-hybridized carbons (Fsp3) is 0.833. The lowest BCUT2D eigenvalue weighted by molar-refractivity contribution is -0.128. The molecule has 0 aromatic carbocycles. The van der Waals surface area contributed by atoms with E-state index < -0.39 is 0 Å². The summed E-state index contributed by atoms with van der Waals surface area (Å²) in [6, 6.07) is 0. The topological polar surface area (TPSA) is 86.8 Å². The van der Waals surface area contributed by atoms with Crippen LogP contribution in [0.25, 0.3) is 0 Å². The molecule has 1 fully saturated rings. The van der Waals surface area contributed by atoms with Crippen LogP contribution in [0.3, 0.4) is 0 Å². The molecule has 1 rings (SSSR count). The molecule has 1 aliphatic heterocycles. The molecule has 1 radical (unpaired) electrons. The first-order chi connectivity index (χ1) is 5.76. The second kappa shape index (κ2) is 7.09. The van der Waals surface area contributed by atoms with Gasteiger partial charge in [0.25, 0.3) is 0 Å². The Morgan fingerprint density at radius 2 is 1.83 bits per heavy atom. The number of hydrogen-bond donors (Lipinski definition) is 3. The third-order valence-corrected chi connectivity index (χ3v) is 1.63. The third kappa shape index (κ3) is 4.33. The molecule has 0 aromatic rings. The molecule has 12 heavy (non-hydrogen) atoms. The summed E-state index contributed by atoms with van der Waals surface area (Å²) in [6.45, 7) is 1.99. The molecule has 0 spiro atoms. The highest BCUT2D eigenvalue weighted by molar-refractivity contribution is 6.13. The van der Waals surface area contributed by atoms with Crippen molar-refractivity contribution in [1.82, 2.24) is 4.90 Å². The van der Waals surface area contributed by atoms with Gasteiger partial charge in [0.1, 0.15) is 0 Å². The van der Waals surface area contributed by atoms with E-state index in [1.165, 1.54) is 0 Å². The molecule has 1 aliphatic rings. The molecule has 0 bridgehead atoms. The zero-order chi connectivity index (χ0) is 9.40. The Kier molecular flexibility index (Phi) is 6.74. The van der Waals surface area contributed by atoms with Crippen molar-refractivity contribution < 1.29 is 14.8 Å². The molecule has 0 unspecified atom stereocenters. The van der Waals surface area contributed by atoms with Crippen molar-refractivity contribution in [2.24, 2.45) is 5.73 Å². The van der Waals surface area contributed by atoms with Crippen molar-refractivity contribution in [3.05, 3.63) is 0 Å². The van der Waals surface area contributed by atoms with E-state index in [0.29, 0.717) is 0 Å². The van der Waals surface area contributed by atoms with E-state index in [-0.39, 0.29) is 20.1 Å². The van der Waals surface area contributed by atoms with Crippen molar-refractivity contribution in [3.8, 4) is 0 Å². The summed E-state index contributed by atoms with van der Waals surface area (Å²) in [5.41, 5.74) is 5.16. The predicted octanol–water partition coefficient (Wildman–Crippen LogP) is -1.93. The van der Waals surface area contributed by atoms with E-state index >= 15 is 0 Å². The van der Waals surface area contributed by atoms with Gasteiger partial charge >= 0.3 is 7.69 Å². The van der Waals surface area contributed by atoms with Crippen LogP contribution in [0.2, 0.25) is 0 Å². The summed E-state index contributed by atoms with van der Waals surface area (Å²) in [6.07, 6.45) is 2.29. The van der Waals surface area contributed by atoms with Crippen LogP contribution >= 0.6 is 0 Å². The third-order valence-electron chi connectivity index (χ3n) is 1.63. The lowest BCUT2D eigenvalue weighted by Crippen LogP contribution is -2.33. The van der Waals surface area contributed by atoms with Crippen LogP contribution in [-0.4, -0.2) is 48.2 Å². The standard InChI is InChI=1S/C6H12N2O.BH2O2/c7-5-6(9)8-3-1-2-4-8;2-1-3/h1-5,7H2;2-3H. The first-order valence-corrected chi connectivity index (χ1v) is 3.84. The average Bonchev–Trinajstić information content (AvgIpc) is 2.56. The lowest BCUT2D eigenvalue weighted by Gasteiger charge is -2.12. The molecule has 1 heterocycles. The zero-order valence-electron chi connectivity index (χ0n) is 6.94.